The Kier molecular flexibility index (Phi) is 3.97. The zero-order valence-electron chi connectivity index (χ0n) is 11.5. The van der Waals surface area contributed by atoms with Crippen LogP contribution in [0.1, 0.15) is 56.7 Å². The highest BCUT2D eigenvalue weighted by molar-refractivity contribution is 5.74. The molecule has 0 saturated carbocycles. The van der Waals surface area contributed by atoms with Crippen molar-refractivity contribution in [3.63, 3.8) is 0 Å². The van der Waals surface area contributed by atoms with Gasteiger partial charge in [0.2, 0.25) is 5.91 Å². The summed E-state index contributed by atoms with van der Waals surface area (Å²) in [5.41, 5.74) is 9.16. The van der Waals surface area contributed by atoms with E-state index in [1.165, 1.54) is 16.7 Å². The molecule has 2 nitrogen and oxygen atoms in total. The number of primary amides is 1. The van der Waals surface area contributed by atoms with Gasteiger partial charge in [-0.25, -0.2) is 0 Å². The van der Waals surface area contributed by atoms with E-state index in [1.54, 1.807) is 0 Å². The Morgan fingerprint density at radius 3 is 2.41 bits per heavy atom. The van der Waals surface area contributed by atoms with Crippen LogP contribution in [0.3, 0.4) is 0 Å². The molecule has 0 saturated heterocycles. The number of aryl methyl sites for hydroxylation is 1. The zero-order chi connectivity index (χ0) is 13.2. The number of carbonyl (C=O) groups is 1. The monoisotopic (exact) mass is 233 g/mol. The van der Waals surface area contributed by atoms with Crippen molar-refractivity contribution in [1.82, 2.24) is 0 Å². The average molecular weight is 233 g/mol. The number of hydrogen-bond acceptors (Lipinski definition) is 1. The molecule has 0 bridgehead atoms. The van der Waals surface area contributed by atoms with E-state index in [4.69, 9.17) is 5.73 Å². The molecule has 1 amide bonds. The van der Waals surface area contributed by atoms with Crippen molar-refractivity contribution in [2.75, 3.05) is 0 Å². The molecule has 1 rings (SSSR count). The van der Waals surface area contributed by atoms with Crippen LogP contribution in [-0.4, -0.2) is 5.91 Å². The van der Waals surface area contributed by atoms with Gasteiger partial charge >= 0.3 is 0 Å². The highest BCUT2D eigenvalue weighted by atomic mass is 16.1. The molecule has 2 N–H and O–H groups in total. The third kappa shape index (κ3) is 3.58. The van der Waals surface area contributed by atoms with Gasteiger partial charge in [-0.1, -0.05) is 45.9 Å². The number of nitrogens with two attached hydrogens (primary N) is 1. The van der Waals surface area contributed by atoms with Gasteiger partial charge in [0.25, 0.3) is 0 Å². The molecule has 1 aromatic rings. The van der Waals surface area contributed by atoms with Crippen LogP contribution in [0.2, 0.25) is 0 Å². The summed E-state index contributed by atoms with van der Waals surface area (Å²) in [5, 5.41) is 0. The molecule has 0 aliphatic heterocycles. The molecule has 1 atom stereocenters. The van der Waals surface area contributed by atoms with Crippen molar-refractivity contribution < 1.29 is 4.79 Å². The van der Waals surface area contributed by atoms with Crippen molar-refractivity contribution in [1.29, 1.82) is 0 Å². The van der Waals surface area contributed by atoms with Gasteiger partial charge in [0, 0.05) is 6.42 Å². The largest absolute Gasteiger partial charge is 0.370 e. The molecule has 1 unspecified atom stereocenters. The SMILES string of the molecule is Cc1ccc(C(C)(C)C)cc1C(C)CC(N)=O. The highest BCUT2D eigenvalue weighted by Crippen LogP contribution is 2.29. The van der Waals surface area contributed by atoms with Gasteiger partial charge in [-0.2, -0.15) is 0 Å². The minimum Gasteiger partial charge on any atom is -0.370 e. The first-order valence-electron chi connectivity index (χ1n) is 6.11. The minimum absolute atomic E-state index is 0.134. The van der Waals surface area contributed by atoms with Crippen molar-refractivity contribution in [3.8, 4) is 0 Å². The Balaban J connectivity index is 3.10. The summed E-state index contributed by atoms with van der Waals surface area (Å²) >= 11 is 0. The maximum absolute atomic E-state index is 11.0. The predicted molar refractivity (Wildman–Crippen MR) is 72.1 cm³/mol. The molecule has 0 heterocycles. The Bertz CT molecular complexity index is 415. The fraction of sp³-hybridized carbons (Fsp3) is 0.533. The number of hydrogen-bond donors (Lipinski definition) is 1. The van der Waals surface area contributed by atoms with E-state index in [0.29, 0.717) is 6.42 Å². The average Bonchev–Trinajstić information content (AvgIpc) is 2.15. The smallest absolute Gasteiger partial charge is 0.218 e. The molecule has 94 valence electrons. The van der Waals surface area contributed by atoms with Gasteiger partial charge in [-0.15, -0.1) is 0 Å². The number of amides is 1. The Morgan fingerprint density at radius 2 is 1.94 bits per heavy atom. The molecule has 1 aromatic carbocycles. The molecular weight excluding hydrogens is 210 g/mol. The molecule has 0 aromatic heterocycles. The van der Waals surface area contributed by atoms with Crippen LogP contribution >= 0.6 is 0 Å². The third-order valence-electron chi connectivity index (χ3n) is 3.18. The van der Waals surface area contributed by atoms with E-state index >= 15 is 0 Å². The number of benzene rings is 1. The van der Waals surface area contributed by atoms with E-state index in [-0.39, 0.29) is 17.2 Å². The summed E-state index contributed by atoms with van der Waals surface area (Å²) < 4.78 is 0. The van der Waals surface area contributed by atoms with Gasteiger partial charge in [0.15, 0.2) is 0 Å². The second-order valence-electron chi connectivity index (χ2n) is 5.89. The summed E-state index contributed by atoms with van der Waals surface area (Å²) in [6.07, 6.45) is 0.411. The predicted octanol–water partition coefficient (Wildman–Crippen LogP) is 3.27. The molecule has 2 heteroatoms. The first kappa shape index (κ1) is 13.8. The molecule has 0 aliphatic rings. The normalized spacial score (nSPS) is 13.5. The van der Waals surface area contributed by atoms with Crippen LogP contribution in [0.4, 0.5) is 0 Å². The first-order chi connectivity index (χ1) is 7.71. The zero-order valence-corrected chi connectivity index (χ0v) is 11.5. The fourth-order valence-corrected chi connectivity index (χ4v) is 2.05. The van der Waals surface area contributed by atoms with Crippen molar-refractivity contribution in [2.45, 2.75) is 52.4 Å². The lowest BCUT2D eigenvalue weighted by Crippen LogP contribution is -2.16. The van der Waals surface area contributed by atoms with E-state index < -0.39 is 0 Å². The van der Waals surface area contributed by atoms with Crippen LogP contribution in [0, 0.1) is 6.92 Å². The van der Waals surface area contributed by atoms with Gasteiger partial charge < -0.3 is 5.73 Å². The lowest BCUT2D eigenvalue weighted by Gasteiger charge is -2.22. The Hall–Kier alpha value is -1.31. The van der Waals surface area contributed by atoms with Crippen molar-refractivity contribution in [2.24, 2.45) is 5.73 Å². The maximum Gasteiger partial charge on any atom is 0.218 e. The van der Waals surface area contributed by atoms with Gasteiger partial charge in [-0.3, -0.25) is 4.79 Å². The topological polar surface area (TPSA) is 43.1 Å². The van der Waals surface area contributed by atoms with Crippen LogP contribution in [-0.2, 0) is 10.2 Å². The summed E-state index contributed by atoms with van der Waals surface area (Å²) in [4.78, 5) is 11.0. The van der Waals surface area contributed by atoms with Gasteiger partial charge in [0.1, 0.15) is 0 Å². The second-order valence-corrected chi connectivity index (χ2v) is 5.89. The van der Waals surface area contributed by atoms with Crippen LogP contribution < -0.4 is 5.73 Å². The van der Waals surface area contributed by atoms with Gasteiger partial charge in [-0.05, 0) is 34.9 Å². The van der Waals surface area contributed by atoms with Gasteiger partial charge in [0.05, 0.1) is 0 Å². The lowest BCUT2D eigenvalue weighted by atomic mass is 9.83. The van der Waals surface area contributed by atoms with Crippen molar-refractivity contribution >= 4 is 5.91 Å². The number of carbonyl (C=O) groups excluding carboxylic acids is 1. The number of rotatable bonds is 3. The standard InChI is InChI=1S/C15H23NO/c1-10-6-7-12(15(3,4)5)9-13(10)11(2)8-14(16)17/h6-7,9,11H,8H2,1-5H3,(H2,16,17). The van der Waals surface area contributed by atoms with Crippen LogP contribution in [0.25, 0.3) is 0 Å². The minimum atomic E-state index is -0.238. The molecule has 17 heavy (non-hydrogen) atoms. The summed E-state index contributed by atoms with van der Waals surface area (Å²) in [6, 6.07) is 6.51. The lowest BCUT2D eigenvalue weighted by molar-refractivity contribution is -0.118. The summed E-state index contributed by atoms with van der Waals surface area (Å²) in [5.74, 6) is -0.0483. The first-order valence-corrected chi connectivity index (χ1v) is 6.11. The van der Waals surface area contributed by atoms with Crippen LogP contribution in [0.5, 0.6) is 0 Å². The molecule has 0 spiro atoms. The Labute approximate surface area is 104 Å². The molecular formula is C15H23NO. The van der Waals surface area contributed by atoms with Crippen molar-refractivity contribution in [3.05, 3.63) is 34.9 Å². The van der Waals surface area contributed by atoms with E-state index in [1.807, 2.05) is 0 Å². The molecule has 0 radical (unpaired) electrons. The highest BCUT2D eigenvalue weighted by Gasteiger charge is 2.17. The Morgan fingerprint density at radius 1 is 1.35 bits per heavy atom. The van der Waals surface area contributed by atoms with E-state index in [0.717, 1.165) is 0 Å². The summed E-state index contributed by atoms with van der Waals surface area (Å²) in [7, 11) is 0. The van der Waals surface area contributed by atoms with E-state index in [2.05, 4.69) is 52.8 Å². The summed E-state index contributed by atoms with van der Waals surface area (Å²) in [6.45, 7) is 10.7. The third-order valence-corrected chi connectivity index (χ3v) is 3.18. The van der Waals surface area contributed by atoms with Crippen LogP contribution in [0.15, 0.2) is 18.2 Å². The molecule has 0 fully saturated rings. The second kappa shape index (κ2) is 4.91. The molecule has 0 aliphatic carbocycles. The maximum atomic E-state index is 11.0. The quantitative estimate of drug-likeness (QED) is 0.855. The fourth-order valence-electron chi connectivity index (χ4n) is 2.05. The van der Waals surface area contributed by atoms with E-state index in [9.17, 15) is 4.79 Å².